The zero-order chi connectivity index (χ0) is 14.7. The van der Waals surface area contributed by atoms with Gasteiger partial charge in [-0.25, -0.2) is 0 Å². The van der Waals surface area contributed by atoms with Crippen LogP contribution in [-0.4, -0.2) is 58.6 Å². The zero-order valence-electron chi connectivity index (χ0n) is 12.6. The van der Waals surface area contributed by atoms with E-state index < -0.39 is 0 Å². The van der Waals surface area contributed by atoms with Crippen molar-refractivity contribution in [1.82, 2.24) is 20.0 Å². The maximum atomic E-state index is 12.2. The molecule has 112 valence electrons. The molecule has 1 aromatic heterocycles. The highest BCUT2D eigenvalue weighted by molar-refractivity contribution is 5.93. The highest BCUT2D eigenvalue weighted by Gasteiger charge is 2.25. The summed E-state index contributed by atoms with van der Waals surface area (Å²) in [6.07, 6.45) is 2.12. The summed E-state index contributed by atoms with van der Waals surface area (Å²) >= 11 is 0. The second-order valence-corrected chi connectivity index (χ2v) is 5.98. The van der Waals surface area contributed by atoms with Crippen LogP contribution in [0.5, 0.6) is 0 Å². The number of aromatic amines is 1. The van der Waals surface area contributed by atoms with Crippen molar-refractivity contribution in [2.45, 2.75) is 32.7 Å². The van der Waals surface area contributed by atoms with Crippen LogP contribution in [0.15, 0.2) is 6.07 Å². The molecule has 2 heterocycles. The minimum atomic E-state index is 0.00450. The predicted octanol–water partition coefficient (Wildman–Crippen LogP) is 1.18. The highest BCUT2D eigenvalue weighted by Crippen LogP contribution is 2.20. The first-order chi connectivity index (χ1) is 9.47. The Morgan fingerprint density at radius 1 is 1.55 bits per heavy atom. The Kier molecular flexibility index (Phi) is 4.65. The van der Waals surface area contributed by atoms with Gasteiger partial charge in [0.15, 0.2) is 0 Å². The summed E-state index contributed by atoms with van der Waals surface area (Å²) in [4.78, 5) is 16.5. The van der Waals surface area contributed by atoms with E-state index in [4.69, 9.17) is 5.73 Å². The van der Waals surface area contributed by atoms with E-state index in [1.165, 1.54) is 0 Å². The lowest BCUT2D eigenvalue weighted by atomic mass is 9.95. The molecule has 1 aromatic rings. The van der Waals surface area contributed by atoms with E-state index >= 15 is 0 Å². The van der Waals surface area contributed by atoms with Crippen molar-refractivity contribution in [3.63, 3.8) is 0 Å². The van der Waals surface area contributed by atoms with Crippen molar-refractivity contribution >= 4 is 11.7 Å². The van der Waals surface area contributed by atoms with Gasteiger partial charge in [0.05, 0.1) is 0 Å². The zero-order valence-corrected chi connectivity index (χ0v) is 12.6. The molecule has 6 nitrogen and oxygen atoms in total. The standard InChI is InChI=1S/C14H25N5O/c1-10(2)18(3)9-11-4-6-19(7-5-11)14(20)12-8-13(15)17-16-12/h8,10-11H,4-7,9H2,1-3H3,(H3,15,16,17). The van der Waals surface area contributed by atoms with E-state index in [0.29, 0.717) is 23.5 Å². The summed E-state index contributed by atoms with van der Waals surface area (Å²) in [5.41, 5.74) is 6.02. The maximum Gasteiger partial charge on any atom is 0.271 e. The monoisotopic (exact) mass is 279 g/mol. The number of H-pyrrole nitrogens is 1. The van der Waals surface area contributed by atoms with Crippen LogP contribution < -0.4 is 5.73 Å². The van der Waals surface area contributed by atoms with Gasteiger partial charge in [-0.1, -0.05) is 0 Å². The Morgan fingerprint density at radius 2 is 2.20 bits per heavy atom. The Hall–Kier alpha value is -1.56. The van der Waals surface area contributed by atoms with Gasteiger partial charge < -0.3 is 15.5 Å². The lowest BCUT2D eigenvalue weighted by Crippen LogP contribution is -2.42. The number of piperidine rings is 1. The molecule has 0 radical (unpaired) electrons. The number of hydrogen-bond acceptors (Lipinski definition) is 4. The number of anilines is 1. The minimum absolute atomic E-state index is 0.00450. The van der Waals surface area contributed by atoms with Gasteiger partial charge in [-0.15, -0.1) is 0 Å². The fourth-order valence-corrected chi connectivity index (χ4v) is 2.55. The number of nitrogens with two attached hydrogens (primary N) is 1. The Labute approximate surface area is 120 Å². The molecule has 3 N–H and O–H groups in total. The number of nitrogens with zero attached hydrogens (tertiary/aromatic N) is 3. The molecule has 1 aliphatic rings. The number of aromatic nitrogens is 2. The number of carbonyl (C=O) groups excluding carboxylic acids is 1. The van der Waals surface area contributed by atoms with Crippen LogP contribution in [0.25, 0.3) is 0 Å². The van der Waals surface area contributed by atoms with E-state index in [1.54, 1.807) is 6.07 Å². The molecule has 0 aliphatic carbocycles. The molecular formula is C14H25N5O. The second kappa shape index (κ2) is 6.26. The molecule has 20 heavy (non-hydrogen) atoms. The molecule has 0 aromatic carbocycles. The van der Waals surface area contributed by atoms with Gasteiger partial charge in [-0.05, 0) is 39.7 Å². The predicted molar refractivity (Wildman–Crippen MR) is 79.4 cm³/mol. The molecule has 1 fully saturated rings. The molecule has 1 aliphatic heterocycles. The quantitative estimate of drug-likeness (QED) is 0.867. The van der Waals surface area contributed by atoms with E-state index in [0.717, 1.165) is 32.5 Å². The lowest BCUT2D eigenvalue weighted by molar-refractivity contribution is 0.0660. The van der Waals surface area contributed by atoms with Crippen LogP contribution in [0.2, 0.25) is 0 Å². The number of rotatable bonds is 4. The van der Waals surface area contributed by atoms with Gasteiger partial charge in [-0.2, -0.15) is 5.10 Å². The summed E-state index contributed by atoms with van der Waals surface area (Å²) in [5, 5.41) is 6.49. The van der Waals surface area contributed by atoms with Crippen molar-refractivity contribution in [3.8, 4) is 0 Å². The van der Waals surface area contributed by atoms with Crippen LogP contribution in [0.4, 0.5) is 5.82 Å². The van der Waals surface area contributed by atoms with Crippen LogP contribution in [0.3, 0.4) is 0 Å². The van der Waals surface area contributed by atoms with Crippen LogP contribution >= 0.6 is 0 Å². The first kappa shape index (κ1) is 14.8. The largest absolute Gasteiger partial charge is 0.382 e. The molecule has 0 bridgehead atoms. The van der Waals surface area contributed by atoms with Crippen molar-refractivity contribution in [2.24, 2.45) is 5.92 Å². The molecule has 1 amide bonds. The van der Waals surface area contributed by atoms with E-state index in [-0.39, 0.29) is 5.91 Å². The van der Waals surface area contributed by atoms with Gasteiger partial charge in [0, 0.05) is 31.7 Å². The summed E-state index contributed by atoms with van der Waals surface area (Å²) in [6, 6.07) is 2.17. The Bertz CT molecular complexity index is 448. The third kappa shape index (κ3) is 3.50. The molecule has 6 heteroatoms. The molecule has 2 rings (SSSR count). The van der Waals surface area contributed by atoms with E-state index in [1.807, 2.05) is 4.90 Å². The summed E-state index contributed by atoms with van der Waals surface area (Å²) in [5.74, 6) is 1.05. The van der Waals surface area contributed by atoms with Gasteiger partial charge in [-0.3, -0.25) is 9.89 Å². The number of amides is 1. The molecule has 0 saturated carbocycles. The number of hydrogen-bond donors (Lipinski definition) is 2. The first-order valence-corrected chi connectivity index (χ1v) is 7.27. The SMILES string of the molecule is CC(C)N(C)CC1CCN(C(=O)c2cc(N)n[nH]2)CC1. The highest BCUT2D eigenvalue weighted by atomic mass is 16.2. The number of carbonyl (C=O) groups is 1. The minimum Gasteiger partial charge on any atom is -0.382 e. The number of nitrogen functional groups attached to an aromatic ring is 1. The van der Waals surface area contributed by atoms with Crippen molar-refractivity contribution < 1.29 is 4.79 Å². The topological polar surface area (TPSA) is 78.2 Å². The van der Waals surface area contributed by atoms with Crippen molar-refractivity contribution in [1.29, 1.82) is 0 Å². The Balaban J connectivity index is 1.83. The molecular weight excluding hydrogens is 254 g/mol. The fraction of sp³-hybridized carbons (Fsp3) is 0.714. The van der Waals surface area contributed by atoms with Gasteiger partial charge in [0.2, 0.25) is 0 Å². The molecule has 0 spiro atoms. The first-order valence-electron chi connectivity index (χ1n) is 7.27. The maximum absolute atomic E-state index is 12.2. The second-order valence-electron chi connectivity index (χ2n) is 5.98. The number of nitrogens with one attached hydrogen (secondary N) is 1. The van der Waals surface area contributed by atoms with E-state index in [9.17, 15) is 4.79 Å². The average molecular weight is 279 g/mol. The van der Waals surface area contributed by atoms with Crippen LogP contribution in [0.1, 0.15) is 37.2 Å². The summed E-state index contributed by atoms with van der Waals surface area (Å²) in [7, 11) is 2.16. The van der Waals surface area contributed by atoms with Gasteiger partial charge >= 0.3 is 0 Å². The molecule has 0 unspecified atom stereocenters. The summed E-state index contributed by atoms with van der Waals surface area (Å²) in [6.45, 7) is 7.15. The van der Waals surface area contributed by atoms with Crippen molar-refractivity contribution in [3.05, 3.63) is 11.8 Å². The van der Waals surface area contributed by atoms with E-state index in [2.05, 4.69) is 36.0 Å². The van der Waals surface area contributed by atoms with Crippen molar-refractivity contribution in [2.75, 3.05) is 32.4 Å². The fourth-order valence-electron chi connectivity index (χ4n) is 2.55. The van der Waals surface area contributed by atoms with Gasteiger partial charge in [0.25, 0.3) is 5.91 Å². The average Bonchev–Trinajstić information content (AvgIpc) is 2.85. The summed E-state index contributed by atoms with van der Waals surface area (Å²) < 4.78 is 0. The normalized spacial score (nSPS) is 17.1. The third-order valence-corrected chi connectivity index (χ3v) is 4.16. The lowest BCUT2D eigenvalue weighted by Gasteiger charge is -2.34. The van der Waals surface area contributed by atoms with Gasteiger partial charge in [0.1, 0.15) is 11.5 Å². The van der Waals surface area contributed by atoms with Crippen LogP contribution in [-0.2, 0) is 0 Å². The third-order valence-electron chi connectivity index (χ3n) is 4.16. The molecule has 0 atom stereocenters. The van der Waals surface area contributed by atoms with Crippen LogP contribution in [0, 0.1) is 5.92 Å². The smallest absolute Gasteiger partial charge is 0.271 e. The molecule has 1 saturated heterocycles. The number of likely N-dealkylation sites (tertiary alicyclic amines) is 1. The Morgan fingerprint density at radius 3 is 2.70 bits per heavy atom.